The predicted octanol–water partition coefficient (Wildman–Crippen LogP) is 19.4. The van der Waals surface area contributed by atoms with E-state index in [2.05, 4.69) is 240 Å². The number of hydrogen-bond donors (Lipinski definition) is 0. The van der Waals surface area contributed by atoms with Crippen molar-refractivity contribution in [1.82, 2.24) is 0 Å². The molecule has 5 nitrogen and oxygen atoms in total. The zero-order valence-corrected chi connectivity index (χ0v) is 45.0. The second-order valence-corrected chi connectivity index (χ2v) is 22.3. The van der Waals surface area contributed by atoms with Crippen LogP contribution in [0.1, 0.15) is 56.9 Å². The van der Waals surface area contributed by atoms with E-state index in [1.807, 2.05) is 12.1 Å². The van der Waals surface area contributed by atoms with Crippen LogP contribution in [0.4, 0.5) is 22.7 Å². The van der Waals surface area contributed by atoms with Crippen molar-refractivity contribution in [3.05, 3.63) is 264 Å². The minimum atomic E-state index is 0.496. The van der Waals surface area contributed by atoms with Gasteiger partial charge in [-0.1, -0.05) is 170 Å². The molecule has 0 radical (unpaired) electrons. The van der Waals surface area contributed by atoms with Gasteiger partial charge in [-0.05, 0) is 151 Å². The monoisotopic (exact) mass is 1050 g/mol. The van der Waals surface area contributed by atoms with Crippen LogP contribution in [0.3, 0.4) is 0 Å². The molecule has 0 saturated carbocycles. The third kappa shape index (κ3) is 8.21. The average molecular weight is 1050 g/mol. The van der Waals surface area contributed by atoms with Gasteiger partial charge in [0.1, 0.15) is 33.8 Å². The molecule has 2 atom stereocenters. The molecule has 2 aromatic heterocycles. The van der Waals surface area contributed by atoms with E-state index < -0.39 is 0 Å². The molecule has 4 aliphatic carbocycles. The number of furan rings is 2. The molecule has 9 aromatic carbocycles. The van der Waals surface area contributed by atoms with Gasteiger partial charge in [-0.15, -0.1) is 0 Å². The minimum absolute atomic E-state index is 0.496. The number of allylic oxidation sites excluding steroid dienone is 9. The van der Waals surface area contributed by atoms with Crippen LogP contribution >= 0.6 is 0 Å². The zero-order chi connectivity index (χ0) is 53.4. The van der Waals surface area contributed by atoms with Crippen LogP contribution in [0.15, 0.2) is 257 Å². The topological polar surface area (TPSA) is 42.0 Å². The first-order valence-electron chi connectivity index (χ1n) is 29.0. The summed E-state index contributed by atoms with van der Waals surface area (Å²) in [6.07, 6.45) is 27.4. The van der Waals surface area contributed by atoms with Crippen molar-refractivity contribution >= 4 is 83.7 Å². The summed E-state index contributed by atoms with van der Waals surface area (Å²) >= 11 is 0. The molecule has 5 aliphatic rings. The van der Waals surface area contributed by atoms with E-state index >= 15 is 0 Å². The van der Waals surface area contributed by atoms with Gasteiger partial charge in [-0.2, -0.15) is 0 Å². The molecule has 0 bridgehead atoms. The predicted molar refractivity (Wildman–Crippen MR) is 335 cm³/mol. The normalized spacial score (nSPS) is 17.3. The van der Waals surface area contributed by atoms with Crippen molar-refractivity contribution < 1.29 is 13.6 Å². The summed E-state index contributed by atoms with van der Waals surface area (Å²) in [6, 6.07) is 70.4. The first-order chi connectivity index (χ1) is 40.1. The SMILES string of the molecule is C1=CC(c2ccc(N(C3=c4cccc5c4=C(CC3)Oc3cc(N(C4=CCC(C6C=CCCC6)C=C4)c4ccc(-c6cccc7c6oc6ccccc67)cc4)ccc3-5)c3ccc(-c4cccc5c4oc4ccccc45)cc3)cc2)=CCC1. The lowest BCUT2D eigenvalue weighted by Crippen LogP contribution is -2.40. The lowest BCUT2D eigenvalue weighted by atomic mass is 9.80. The van der Waals surface area contributed by atoms with Crippen molar-refractivity contribution in [3.63, 3.8) is 0 Å². The largest absolute Gasteiger partial charge is 0.460 e. The Bertz CT molecular complexity index is 4620. The van der Waals surface area contributed by atoms with Crippen molar-refractivity contribution in [3.8, 4) is 39.1 Å². The van der Waals surface area contributed by atoms with Crippen LogP contribution < -0.4 is 25.0 Å². The molecule has 5 heteroatoms. The van der Waals surface area contributed by atoms with Gasteiger partial charge in [0.05, 0.1) is 0 Å². The first-order valence-corrected chi connectivity index (χ1v) is 29.0. The Hall–Kier alpha value is -9.58. The van der Waals surface area contributed by atoms with Crippen LogP contribution in [0, 0.1) is 11.8 Å². The Labute approximate surface area is 471 Å². The molecule has 0 fully saturated rings. The Balaban J connectivity index is 0.784. The van der Waals surface area contributed by atoms with Crippen molar-refractivity contribution in [2.45, 2.75) is 51.4 Å². The van der Waals surface area contributed by atoms with E-state index in [9.17, 15) is 0 Å². The van der Waals surface area contributed by atoms with E-state index in [1.165, 1.54) is 57.8 Å². The third-order valence-corrected chi connectivity index (χ3v) is 17.6. The van der Waals surface area contributed by atoms with Gasteiger partial charge in [0.2, 0.25) is 0 Å². The van der Waals surface area contributed by atoms with Crippen LogP contribution in [-0.4, -0.2) is 0 Å². The summed E-state index contributed by atoms with van der Waals surface area (Å²) in [4.78, 5) is 4.89. The third-order valence-electron chi connectivity index (χ3n) is 17.6. The van der Waals surface area contributed by atoms with Gasteiger partial charge in [-0.3, -0.25) is 0 Å². The summed E-state index contributed by atoms with van der Waals surface area (Å²) in [5, 5.41) is 6.91. The van der Waals surface area contributed by atoms with Crippen molar-refractivity contribution in [1.29, 1.82) is 0 Å². The highest BCUT2D eigenvalue weighted by molar-refractivity contribution is 6.11. The van der Waals surface area contributed by atoms with Gasteiger partial charge in [0, 0.05) is 95.3 Å². The van der Waals surface area contributed by atoms with Gasteiger partial charge < -0.3 is 23.4 Å². The lowest BCUT2D eigenvalue weighted by molar-refractivity contribution is 0.420. The van der Waals surface area contributed by atoms with Crippen LogP contribution in [0.2, 0.25) is 0 Å². The standard InChI is InChI=1S/C76H58N2O3/c1-3-14-49(15-4-1)51-28-36-55(37-29-51)77(56-40-32-53(33-41-56)60-20-11-23-66-62-18-7-9-26-70(62)80-75(60)66)59-44-45-64-65-22-13-25-68-69(46-47-72(74(65)68)79-73(64)48-59)78(57-38-30-52(31-39-57)50-16-5-2-6-17-50)58-42-34-54(35-43-58)61-21-12-24-67-63-19-8-10-27-71(63)81-76(61)67/h3,5,7-14,16-28,30-45,48-49,51H,1-2,4,6,15,29,46-47H2. The fourth-order valence-corrected chi connectivity index (χ4v) is 13.6. The maximum atomic E-state index is 7.22. The highest BCUT2D eigenvalue weighted by Crippen LogP contribution is 2.45. The van der Waals surface area contributed by atoms with E-state index in [4.69, 9.17) is 13.6 Å². The molecule has 0 saturated heterocycles. The van der Waals surface area contributed by atoms with Crippen molar-refractivity contribution in [2.75, 3.05) is 9.80 Å². The van der Waals surface area contributed by atoms with Crippen LogP contribution in [-0.2, 0) is 0 Å². The Morgan fingerprint density at radius 3 is 1.68 bits per heavy atom. The summed E-state index contributed by atoms with van der Waals surface area (Å²) in [5.41, 5.74) is 19.7. The smallest absolute Gasteiger partial charge is 0.143 e. The van der Waals surface area contributed by atoms with Gasteiger partial charge in [0.15, 0.2) is 0 Å². The van der Waals surface area contributed by atoms with E-state index in [0.29, 0.717) is 11.8 Å². The maximum absolute atomic E-state index is 7.22. The molecule has 1 aliphatic heterocycles. The first kappa shape index (κ1) is 47.4. The van der Waals surface area contributed by atoms with E-state index in [-0.39, 0.29) is 0 Å². The van der Waals surface area contributed by atoms with Gasteiger partial charge in [0.25, 0.3) is 0 Å². The highest BCUT2D eigenvalue weighted by Gasteiger charge is 2.29. The second kappa shape index (κ2) is 19.6. The molecule has 0 N–H and O–H groups in total. The van der Waals surface area contributed by atoms with E-state index in [0.717, 1.165) is 138 Å². The fourth-order valence-electron chi connectivity index (χ4n) is 13.6. The molecule has 81 heavy (non-hydrogen) atoms. The van der Waals surface area contributed by atoms with Crippen molar-refractivity contribution in [2.24, 2.45) is 11.8 Å². The van der Waals surface area contributed by atoms with Gasteiger partial charge in [-0.25, -0.2) is 0 Å². The molecular weight excluding hydrogens is 989 g/mol. The molecule has 390 valence electrons. The summed E-state index contributed by atoms with van der Waals surface area (Å²) < 4.78 is 20.2. The molecule has 2 unspecified atom stereocenters. The quantitative estimate of drug-likeness (QED) is 0.128. The maximum Gasteiger partial charge on any atom is 0.143 e. The zero-order valence-electron chi connectivity index (χ0n) is 45.0. The summed E-state index contributed by atoms with van der Waals surface area (Å²) in [6.45, 7) is 0. The number of nitrogens with zero attached hydrogens (tertiary/aromatic N) is 2. The Morgan fingerprint density at radius 2 is 1.05 bits per heavy atom. The molecule has 16 rings (SSSR count). The second-order valence-electron chi connectivity index (χ2n) is 22.3. The summed E-state index contributed by atoms with van der Waals surface area (Å²) in [5.74, 6) is 2.98. The number of anilines is 4. The molecule has 0 spiro atoms. The molecule has 0 amide bonds. The highest BCUT2D eigenvalue weighted by atomic mass is 16.5. The number of benzene rings is 9. The van der Waals surface area contributed by atoms with Crippen LogP contribution in [0.5, 0.6) is 5.75 Å². The number of ether oxygens (including phenoxy) is 1. The lowest BCUT2D eigenvalue weighted by Gasteiger charge is -2.33. The van der Waals surface area contributed by atoms with Gasteiger partial charge >= 0.3 is 0 Å². The Morgan fingerprint density at radius 1 is 0.432 bits per heavy atom. The number of para-hydroxylation sites is 4. The molecule has 11 aromatic rings. The summed E-state index contributed by atoms with van der Waals surface area (Å²) in [7, 11) is 0. The minimum Gasteiger partial charge on any atom is -0.460 e. The number of rotatable bonds is 10. The molecule has 3 heterocycles. The Kier molecular flexibility index (Phi) is 11.5. The average Bonchev–Trinajstić information content (AvgIpc) is 4.16. The number of fused-ring (bicyclic) bond motifs is 8. The van der Waals surface area contributed by atoms with E-state index in [1.54, 1.807) is 0 Å². The van der Waals surface area contributed by atoms with Crippen LogP contribution in [0.25, 0.3) is 94.3 Å². The molecular formula is C76H58N2O3. The number of hydrogen-bond acceptors (Lipinski definition) is 5. The fraction of sp³-hybridized carbons (Fsp3) is 0.132.